The summed E-state index contributed by atoms with van der Waals surface area (Å²) in [7, 11) is 0. The zero-order chi connectivity index (χ0) is 18.5. The van der Waals surface area contributed by atoms with Gasteiger partial charge in [-0.05, 0) is 18.3 Å². The SMILES string of the molecule is CC1(C)CC(=O)C2=C(C1)OC(N)=C(C#N)[C@H]2c1cnn(C2CCCC2)c1. The molecule has 136 valence electrons. The summed E-state index contributed by atoms with van der Waals surface area (Å²) in [6.07, 6.45) is 9.53. The van der Waals surface area contributed by atoms with E-state index in [1.165, 1.54) is 12.8 Å². The van der Waals surface area contributed by atoms with Crippen LogP contribution in [0.3, 0.4) is 0 Å². The Morgan fingerprint density at radius 1 is 1.35 bits per heavy atom. The quantitative estimate of drug-likeness (QED) is 0.880. The molecule has 0 bridgehead atoms. The third-order valence-electron chi connectivity index (χ3n) is 5.73. The number of ketones is 1. The molecule has 1 fully saturated rings. The van der Waals surface area contributed by atoms with Gasteiger partial charge in [0, 0.05) is 30.2 Å². The van der Waals surface area contributed by atoms with Crippen LogP contribution < -0.4 is 5.73 Å². The van der Waals surface area contributed by atoms with Gasteiger partial charge in [0.25, 0.3) is 0 Å². The summed E-state index contributed by atoms with van der Waals surface area (Å²) in [5, 5.41) is 14.2. The molecule has 2 aliphatic carbocycles. The van der Waals surface area contributed by atoms with Gasteiger partial charge in [-0.1, -0.05) is 26.7 Å². The van der Waals surface area contributed by atoms with Gasteiger partial charge >= 0.3 is 0 Å². The van der Waals surface area contributed by atoms with Crippen LogP contribution in [0.15, 0.2) is 35.2 Å². The number of rotatable bonds is 2. The van der Waals surface area contributed by atoms with E-state index in [2.05, 4.69) is 11.2 Å². The van der Waals surface area contributed by atoms with Crippen LogP contribution in [0, 0.1) is 16.7 Å². The van der Waals surface area contributed by atoms with Crippen LogP contribution in [0.1, 0.15) is 69.9 Å². The molecule has 0 saturated heterocycles. The lowest BCUT2D eigenvalue weighted by Crippen LogP contribution is -2.33. The number of nitrogens with two attached hydrogens (primary N) is 1. The smallest absolute Gasteiger partial charge is 0.205 e. The molecule has 4 rings (SSSR count). The highest BCUT2D eigenvalue weighted by Gasteiger charge is 2.43. The molecule has 0 unspecified atom stereocenters. The molecule has 1 aromatic rings. The number of allylic oxidation sites excluding steroid dienone is 3. The molecule has 0 radical (unpaired) electrons. The molecule has 1 aliphatic heterocycles. The summed E-state index contributed by atoms with van der Waals surface area (Å²) in [4.78, 5) is 12.9. The van der Waals surface area contributed by atoms with E-state index in [4.69, 9.17) is 10.5 Å². The van der Waals surface area contributed by atoms with E-state index >= 15 is 0 Å². The number of Topliss-reactive ketones (excluding diaryl/α,β-unsaturated/α-hetero) is 1. The topological polar surface area (TPSA) is 93.9 Å². The minimum atomic E-state index is -0.470. The molecule has 0 aromatic carbocycles. The highest BCUT2D eigenvalue weighted by molar-refractivity contribution is 6.00. The lowest BCUT2D eigenvalue weighted by Gasteiger charge is -2.36. The van der Waals surface area contributed by atoms with E-state index in [9.17, 15) is 10.1 Å². The standard InChI is InChI=1S/C20H24N4O2/c1-20(2)7-15(25)18-16(8-20)26-19(22)14(9-21)17(18)12-10-23-24(11-12)13-5-3-4-6-13/h10-11,13,17H,3-8,22H2,1-2H3/t17-/m1/s1. The van der Waals surface area contributed by atoms with Crippen molar-refractivity contribution < 1.29 is 9.53 Å². The largest absolute Gasteiger partial charge is 0.444 e. The van der Waals surface area contributed by atoms with Crippen LogP contribution >= 0.6 is 0 Å². The summed E-state index contributed by atoms with van der Waals surface area (Å²) < 4.78 is 7.71. The van der Waals surface area contributed by atoms with Crippen molar-refractivity contribution in [1.82, 2.24) is 9.78 Å². The average Bonchev–Trinajstić information content (AvgIpc) is 3.23. The summed E-state index contributed by atoms with van der Waals surface area (Å²) in [6.45, 7) is 4.09. The summed E-state index contributed by atoms with van der Waals surface area (Å²) >= 11 is 0. The number of hydrogen-bond acceptors (Lipinski definition) is 5. The van der Waals surface area contributed by atoms with E-state index < -0.39 is 5.92 Å². The first-order valence-electron chi connectivity index (χ1n) is 9.27. The molecule has 2 heterocycles. The second kappa shape index (κ2) is 6.01. The Morgan fingerprint density at radius 2 is 2.08 bits per heavy atom. The van der Waals surface area contributed by atoms with Crippen LogP contribution in [-0.2, 0) is 9.53 Å². The highest BCUT2D eigenvalue weighted by atomic mass is 16.5. The molecule has 3 aliphatic rings. The summed E-state index contributed by atoms with van der Waals surface area (Å²) in [5.74, 6) is 0.286. The van der Waals surface area contributed by atoms with Gasteiger partial charge in [-0.2, -0.15) is 10.4 Å². The molecule has 6 nitrogen and oxygen atoms in total. The molecule has 26 heavy (non-hydrogen) atoms. The average molecular weight is 352 g/mol. The summed E-state index contributed by atoms with van der Waals surface area (Å²) in [5.41, 5.74) is 7.62. The van der Waals surface area contributed by atoms with E-state index in [0.717, 1.165) is 18.4 Å². The van der Waals surface area contributed by atoms with E-state index in [-0.39, 0.29) is 17.1 Å². The fraction of sp³-hybridized carbons (Fsp3) is 0.550. The maximum Gasteiger partial charge on any atom is 0.205 e. The van der Waals surface area contributed by atoms with Gasteiger partial charge in [0.1, 0.15) is 17.4 Å². The van der Waals surface area contributed by atoms with Gasteiger partial charge in [0.2, 0.25) is 5.88 Å². The van der Waals surface area contributed by atoms with Crippen LogP contribution in [0.25, 0.3) is 0 Å². The maximum atomic E-state index is 12.9. The van der Waals surface area contributed by atoms with Crippen LogP contribution in [0.2, 0.25) is 0 Å². The van der Waals surface area contributed by atoms with E-state index in [1.54, 1.807) is 6.20 Å². The molecule has 6 heteroatoms. The first-order valence-corrected chi connectivity index (χ1v) is 9.27. The van der Waals surface area contributed by atoms with E-state index in [0.29, 0.717) is 35.8 Å². The Hall–Kier alpha value is -2.55. The van der Waals surface area contributed by atoms with Crippen molar-refractivity contribution in [3.8, 4) is 6.07 Å². The minimum absolute atomic E-state index is 0.0371. The van der Waals surface area contributed by atoms with Gasteiger partial charge in [-0.15, -0.1) is 0 Å². The van der Waals surface area contributed by atoms with Gasteiger partial charge < -0.3 is 10.5 Å². The predicted molar refractivity (Wildman–Crippen MR) is 95.4 cm³/mol. The molecule has 0 amide bonds. The zero-order valence-corrected chi connectivity index (χ0v) is 15.3. The predicted octanol–water partition coefficient (Wildman–Crippen LogP) is 3.45. The fourth-order valence-electron chi connectivity index (χ4n) is 4.49. The number of nitrogens with zero attached hydrogens (tertiary/aromatic N) is 3. The molecule has 2 N–H and O–H groups in total. The third kappa shape index (κ3) is 2.72. The van der Waals surface area contributed by atoms with Gasteiger partial charge in [-0.25, -0.2) is 0 Å². The molecule has 1 atom stereocenters. The van der Waals surface area contributed by atoms with Crippen LogP contribution in [0.4, 0.5) is 0 Å². The Morgan fingerprint density at radius 3 is 2.77 bits per heavy atom. The van der Waals surface area contributed by atoms with Crippen molar-refractivity contribution in [2.75, 3.05) is 0 Å². The highest BCUT2D eigenvalue weighted by Crippen LogP contribution is 2.48. The van der Waals surface area contributed by atoms with Crippen LogP contribution in [-0.4, -0.2) is 15.6 Å². The second-order valence-electron chi connectivity index (χ2n) is 8.39. The normalized spacial score (nSPS) is 25.9. The number of hydrogen-bond donors (Lipinski definition) is 1. The maximum absolute atomic E-state index is 12.9. The summed E-state index contributed by atoms with van der Waals surface area (Å²) in [6, 6.07) is 2.57. The monoisotopic (exact) mass is 352 g/mol. The molecular weight excluding hydrogens is 328 g/mol. The minimum Gasteiger partial charge on any atom is -0.444 e. The number of carbonyl (C=O) groups is 1. The Bertz CT molecular complexity index is 863. The van der Waals surface area contributed by atoms with Crippen molar-refractivity contribution in [2.24, 2.45) is 11.1 Å². The van der Waals surface area contributed by atoms with Crippen molar-refractivity contribution >= 4 is 5.78 Å². The van der Waals surface area contributed by atoms with Gasteiger partial charge in [0.05, 0.1) is 18.2 Å². The van der Waals surface area contributed by atoms with E-state index in [1.807, 2.05) is 24.7 Å². The molecule has 1 aromatic heterocycles. The molecule has 1 saturated carbocycles. The fourth-order valence-corrected chi connectivity index (χ4v) is 4.49. The van der Waals surface area contributed by atoms with Crippen LogP contribution in [0.5, 0.6) is 0 Å². The van der Waals surface area contributed by atoms with Crippen molar-refractivity contribution in [3.05, 3.63) is 40.7 Å². The Kier molecular flexibility index (Phi) is 3.91. The Labute approximate surface area is 153 Å². The van der Waals surface area contributed by atoms with Gasteiger partial charge in [-0.3, -0.25) is 9.48 Å². The second-order valence-corrected chi connectivity index (χ2v) is 8.39. The van der Waals surface area contributed by atoms with Crippen molar-refractivity contribution in [3.63, 3.8) is 0 Å². The Balaban J connectivity index is 1.78. The lowest BCUT2D eigenvalue weighted by atomic mass is 9.70. The van der Waals surface area contributed by atoms with Crippen molar-refractivity contribution in [2.45, 2.75) is 64.3 Å². The molecular formula is C20H24N4O2. The number of nitriles is 1. The van der Waals surface area contributed by atoms with Gasteiger partial charge in [0.15, 0.2) is 5.78 Å². The first-order chi connectivity index (χ1) is 12.4. The first kappa shape index (κ1) is 16.9. The zero-order valence-electron chi connectivity index (χ0n) is 15.3. The van der Waals surface area contributed by atoms with Crippen molar-refractivity contribution in [1.29, 1.82) is 5.26 Å². The number of aromatic nitrogens is 2. The number of ether oxygens (including phenoxy) is 1. The third-order valence-corrected chi connectivity index (χ3v) is 5.73. The molecule has 0 spiro atoms. The lowest BCUT2D eigenvalue weighted by molar-refractivity contribution is -0.119. The number of carbonyl (C=O) groups excluding carboxylic acids is 1.